The van der Waals surface area contributed by atoms with E-state index in [0.717, 1.165) is 27.6 Å². The molecule has 1 fully saturated rings. The van der Waals surface area contributed by atoms with E-state index in [1.807, 2.05) is 0 Å². The van der Waals surface area contributed by atoms with E-state index in [9.17, 15) is 24.3 Å². The number of imide groups is 1. The Kier molecular flexibility index (Phi) is 7.07. The number of fused-ring (bicyclic) bond motifs is 2. The molecule has 40 heavy (non-hydrogen) atoms. The van der Waals surface area contributed by atoms with Crippen LogP contribution in [0.2, 0.25) is 5.02 Å². The van der Waals surface area contributed by atoms with Gasteiger partial charge in [-0.2, -0.15) is 0 Å². The molecule has 6 rings (SSSR count). The predicted molar refractivity (Wildman–Crippen MR) is 158 cm³/mol. The number of hydrogen-bond acceptors (Lipinski definition) is 7. The summed E-state index contributed by atoms with van der Waals surface area (Å²) < 4.78 is 2.17. The van der Waals surface area contributed by atoms with Crippen molar-refractivity contribution in [3.05, 3.63) is 102 Å². The molecule has 2 aliphatic heterocycles. The number of aromatic hydroxyl groups is 1. The smallest absolute Gasteiger partial charge is 0.308 e. The predicted octanol–water partition coefficient (Wildman–Crippen LogP) is 5.47. The highest BCUT2D eigenvalue weighted by atomic mass is 79.9. The molecule has 1 saturated heterocycles. The van der Waals surface area contributed by atoms with Crippen molar-refractivity contribution in [3.63, 3.8) is 0 Å². The van der Waals surface area contributed by atoms with Gasteiger partial charge in [-0.15, -0.1) is 0 Å². The molecule has 0 radical (unpaired) electrons. The Morgan fingerprint density at radius 1 is 0.950 bits per heavy atom. The van der Waals surface area contributed by atoms with Crippen molar-refractivity contribution in [2.24, 2.45) is 5.92 Å². The lowest BCUT2D eigenvalue weighted by Crippen LogP contribution is -2.33. The fourth-order valence-electron chi connectivity index (χ4n) is 5.02. The van der Waals surface area contributed by atoms with E-state index in [2.05, 4.69) is 21.2 Å². The van der Waals surface area contributed by atoms with Gasteiger partial charge in [0, 0.05) is 26.0 Å². The molecule has 4 aromatic rings. The number of halogens is 2. The van der Waals surface area contributed by atoms with Gasteiger partial charge in [-0.1, -0.05) is 62.8 Å². The second-order valence-electron chi connectivity index (χ2n) is 9.30. The molecule has 0 aliphatic carbocycles. The molecule has 0 saturated carbocycles. The molecule has 0 bridgehead atoms. The van der Waals surface area contributed by atoms with Crippen molar-refractivity contribution in [2.75, 3.05) is 10.2 Å². The van der Waals surface area contributed by atoms with Crippen LogP contribution in [0.3, 0.4) is 0 Å². The SMILES string of the molecule is O=C(Cn1c2c(sc1=O)C(c1ccc(O)cc1)C1C(=O)N(c3ccc(Br)cc3)C(=O)C1S2)Nc1ccc(Cl)cc1. The van der Waals surface area contributed by atoms with Crippen LogP contribution in [-0.4, -0.2) is 32.6 Å². The van der Waals surface area contributed by atoms with Crippen LogP contribution >= 0.6 is 50.6 Å². The van der Waals surface area contributed by atoms with E-state index in [-0.39, 0.29) is 29.0 Å². The van der Waals surface area contributed by atoms with Gasteiger partial charge in [0.05, 0.1) is 16.6 Å². The number of thioether (sulfide) groups is 1. The molecule has 3 aromatic carbocycles. The quantitative estimate of drug-likeness (QED) is 0.276. The molecule has 1 aromatic heterocycles. The standard InChI is InChI=1S/C28H19BrClN3O5S2/c29-15-3-9-18(10-4-15)33-25(36)22-21(14-1-11-19(34)12-2-14)24-27(39-23(22)26(33)37)32(28(38)40-24)13-20(35)31-17-7-5-16(30)6-8-17/h1-12,21-23,34H,13H2,(H,31,35). The molecular weight excluding hydrogens is 638 g/mol. The number of phenolic OH excluding ortho intramolecular Hbond substituents is 1. The van der Waals surface area contributed by atoms with Crippen LogP contribution in [-0.2, 0) is 20.9 Å². The zero-order valence-electron chi connectivity index (χ0n) is 20.4. The Balaban J connectivity index is 1.40. The number of hydrogen-bond donors (Lipinski definition) is 2. The molecule has 12 heteroatoms. The fraction of sp³-hybridized carbons (Fsp3) is 0.143. The monoisotopic (exact) mass is 655 g/mol. The first-order valence-electron chi connectivity index (χ1n) is 12.1. The number of amides is 3. The summed E-state index contributed by atoms with van der Waals surface area (Å²) in [6.45, 7) is -0.265. The number of aromatic nitrogens is 1. The van der Waals surface area contributed by atoms with Gasteiger partial charge >= 0.3 is 4.87 Å². The van der Waals surface area contributed by atoms with Crippen LogP contribution in [0.25, 0.3) is 0 Å². The van der Waals surface area contributed by atoms with Gasteiger partial charge in [-0.3, -0.25) is 23.7 Å². The number of carbonyl (C=O) groups excluding carboxylic acids is 3. The summed E-state index contributed by atoms with van der Waals surface area (Å²) in [5.74, 6) is -2.49. The lowest BCUT2D eigenvalue weighted by atomic mass is 9.83. The summed E-state index contributed by atoms with van der Waals surface area (Å²) in [4.78, 5) is 55.2. The molecule has 3 heterocycles. The Labute approximate surface area is 249 Å². The number of carbonyl (C=O) groups is 3. The number of anilines is 2. The number of benzene rings is 3. The fourth-order valence-corrected chi connectivity index (χ4v) is 8.18. The van der Waals surface area contributed by atoms with E-state index in [0.29, 0.717) is 31.9 Å². The van der Waals surface area contributed by atoms with Gasteiger partial charge in [-0.25, -0.2) is 4.90 Å². The third-order valence-corrected chi connectivity index (χ3v) is 10.2. The number of nitrogens with one attached hydrogen (secondary N) is 1. The average molecular weight is 657 g/mol. The van der Waals surface area contributed by atoms with Crippen LogP contribution in [0.5, 0.6) is 5.75 Å². The summed E-state index contributed by atoms with van der Waals surface area (Å²) in [6.07, 6.45) is 0. The first kappa shape index (κ1) is 26.8. The maximum atomic E-state index is 13.9. The molecule has 2 aliphatic rings. The van der Waals surface area contributed by atoms with Crippen molar-refractivity contribution in [1.82, 2.24) is 4.57 Å². The minimum atomic E-state index is -0.804. The molecule has 202 valence electrons. The maximum Gasteiger partial charge on any atom is 0.308 e. The molecule has 3 amide bonds. The van der Waals surface area contributed by atoms with Gasteiger partial charge in [-0.05, 0) is 66.2 Å². The first-order chi connectivity index (χ1) is 19.2. The normalized spacial score (nSPS) is 19.9. The zero-order valence-corrected chi connectivity index (χ0v) is 24.4. The zero-order chi connectivity index (χ0) is 28.1. The summed E-state index contributed by atoms with van der Waals surface area (Å²) in [5, 5.41) is 12.9. The summed E-state index contributed by atoms with van der Waals surface area (Å²) in [6, 6.07) is 19.9. The molecule has 0 spiro atoms. The molecule has 3 atom stereocenters. The first-order valence-corrected chi connectivity index (χ1v) is 15.0. The van der Waals surface area contributed by atoms with Crippen LogP contribution < -0.4 is 15.1 Å². The minimum absolute atomic E-state index is 0.0562. The highest BCUT2D eigenvalue weighted by molar-refractivity contribution is 9.10. The highest BCUT2D eigenvalue weighted by Gasteiger charge is 2.56. The number of rotatable bonds is 5. The van der Waals surface area contributed by atoms with Gasteiger partial charge in [0.1, 0.15) is 17.5 Å². The second-order valence-corrected chi connectivity index (χ2v) is 12.8. The molecule has 8 nitrogen and oxygen atoms in total. The average Bonchev–Trinajstić information content (AvgIpc) is 3.37. The van der Waals surface area contributed by atoms with Gasteiger partial charge in [0.25, 0.3) is 0 Å². The van der Waals surface area contributed by atoms with Crippen molar-refractivity contribution >= 4 is 79.7 Å². The van der Waals surface area contributed by atoms with Crippen molar-refractivity contribution in [1.29, 1.82) is 0 Å². The van der Waals surface area contributed by atoms with E-state index in [4.69, 9.17) is 11.6 Å². The van der Waals surface area contributed by atoms with E-state index in [1.165, 1.54) is 21.6 Å². The maximum absolute atomic E-state index is 13.9. The second kappa shape index (κ2) is 10.5. The highest BCUT2D eigenvalue weighted by Crippen LogP contribution is 2.54. The van der Waals surface area contributed by atoms with Crippen molar-refractivity contribution in [2.45, 2.75) is 22.7 Å². The lowest BCUT2D eigenvalue weighted by molar-refractivity contribution is -0.122. The largest absolute Gasteiger partial charge is 0.508 e. The van der Waals surface area contributed by atoms with E-state index < -0.39 is 23.0 Å². The molecule has 3 unspecified atom stereocenters. The molecule has 2 N–H and O–H groups in total. The Morgan fingerprint density at radius 2 is 1.62 bits per heavy atom. The third-order valence-electron chi connectivity index (χ3n) is 6.82. The minimum Gasteiger partial charge on any atom is -0.508 e. The van der Waals surface area contributed by atoms with Crippen LogP contribution in [0.4, 0.5) is 11.4 Å². The van der Waals surface area contributed by atoms with E-state index in [1.54, 1.807) is 60.7 Å². The summed E-state index contributed by atoms with van der Waals surface area (Å²) >= 11 is 11.4. The van der Waals surface area contributed by atoms with Crippen molar-refractivity contribution < 1.29 is 19.5 Å². The number of thiazole rings is 1. The van der Waals surface area contributed by atoms with Crippen molar-refractivity contribution in [3.8, 4) is 5.75 Å². The number of nitrogens with zero attached hydrogens (tertiary/aromatic N) is 2. The Bertz CT molecular complexity index is 1700. The van der Waals surface area contributed by atoms with Crippen LogP contribution in [0.15, 0.2) is 87.1 Å². The van der Waals surface area contributed by atoms with E-state index >= 15 is 0 Å². The Morgan fingerprint density at radius 3 is 2.30 bits per heavy atom. The Hall–Kier alpha value is -3.38. The topological polar surface area (TPSA) is 109 Å². The van der Waals surface area contributed by atoms with Gasteiger partial charge in [0.15, 0.2) is 0 Å². The van der Waals surface area contributed by atoms with Crippen LogP contribution in [0, 0.1) is 5.92 Å². The van der Waals surface area contributed by atoms with Crippen LogP contribution in [0.1, 0.15) is 16.4 Å². The summed E-state index contributed by atoms with van der Waals surface area (Å²) in [5.41, 5.74) is 1.68. The molecular formula is C28H19BrClN3O5S2. The van der Waals surface area contributed by atoms with Gasteiger partial charge in [0.2, 0.25) is 17.7 Å². The third kappa shape index (κ3) is 4.77. The number of phenols is 1. The van der Waals surface area contributed by atoms with Gasteiger partial charge < -0.3 is 10.4 Å². The lowest BCUT2D eigenvalue weighted by Gasteiger charge is -2.30. The summed E-state index contributed by atoms with van der Waals surface area (Å²) in [7, 11) is 0.